The molecule has 1 atom stereocenters. The van der Waals surface area contributed by atoms with Gasteiger partial charge in [-0.15, -0.1) is 0 Å². The van der Waals surface area contributed by atoms with Gasteiger partial charge in [-0.1, -0.05) is 12.8 Å². The number of nitrogens with zero attached hydrogens (tertiary/aromatic N) is 1. The number of rotatable bonds is 2. The molecule has 0 aliphatic carbocycles. The molecule has 58 valence electrons. The lowest BCUT2D eigenvalue weighted by Crippen LogP contribution is -2.41. The van der Waals surface area contributed by atoms with Crippen LogP contribution >= 0.6 is 12.8 Å². The maximum Gasteiger partial charge on any atom is 0.322 e. The Morgan fingerprint density at radius 1 is 1.80 bits per heavy atom. The van der Waals surface area contributed by atoms with Gasteiger partial charge in [0.15, 0.2) is 0 Å². The summed E-state index contributed by atoms with van der Waals surface area (Å²) in [6.45, 7) is 0.764. The standard InChI is InChI=1S/C5H10N2O2S/c8-5(9)4-2-1-3-7(4)6-10/h4,6,10H,1-3H2,(H,8,9). The molecular formula is C5H10N2O2S. The van der Waals surface area contributed by atoms with E-state index in [0.717, 1.165) is 13.0 Å². The van der Waals surface area contributed by atoms with E-state index in [-0.39, 0.29) is 0 Å². The average Bonchev–Trinajstić information content (AvgIpc) is 2.33. The highest BCUT2D eigenvalue weighted by molar-refractivity contribution is 7.78. The molecule has 1 fully saturated rings. The van der Waals surface area contributed by atoms with Gasteiger partial charge in [0.25, 0.3) is 0 Å². The van der Waals surface area contributed by atoms with Gasteiger partial charge < -0.3 is 5.11 Å². The van der Waals surface area contributed by atoms with Crippen LogP contribution in [0.1, 0.15) is 12.8 Å². The second kappa shape index (κ2) is 3.23. The normalized spacial score (nSPS) is 27.1. The first kappa shape index (κ1) is 7.84. The molecule has 10 heavy (non-hydrogen) atoms. The molecule has 2 N–H and O–H groups in total. The van der Waals surface area contributed by atoms with Gasteiger partial charge in [0.1, 0.15) is 6.04 Å². The Kier molecular flexibility index (Phi) is 2.53. The lowest BCUT2D eigenvalue weighted by molar-refractivity contribution is -0.142. The summed E-state index contributed by atoms with van der Waals surface area (Å²) in [5.41, 5.74) is 0. The highest BCUT2D eigenvalue weighted by Gasteiger charge is 2.29. The monoisotopic (exact) mass is 162 g/mol. The molecule has 0 spiro atoms. The lowest BCUT2D eigenvalue weighted by Gasteiger charge is -2.17. The molecule has 4 nitrogen and oxygen atoms in total. The highest BCUT2D eigenvalue weighted by atomic mass is 32.1. The van der Waals surface area contributed by atoms with Crippen LogP contribution in [0.4, 0.5) is 0 Å². The third kappa shape index (κ3) is 1.42. The van der Waals surface area contributed by atoms with Gasteiger partial charge in [0.2, 0.25) is 0 Å². The number of carbonyl (C=O) groups is 1. The van der Waals surface area contributed by atoms with Crippen LogP contribution in [0, 0.1) is 0 Å². The number of carboxylic acids is 1. The van der Waals surface area contributed by atoms with Crippen LogP contribution in [0.15, 0.2) is 0 Å². The highest BCUT2D eigenvalue weighted by Crippen LogP contribution is 2.14. The number of carboxylic acid groups (broad SMARTS) is 1. The zero-order valence-electron chi connectivity index (χ0n) is 5.45. The third-order valence-electron chi connectivity index (χ3n) is 1.67. The fourth-order valence-corrected chi connectivity index (χ4v) is 1.38. The van der Waals surface area contributed by atoms with Crippen molar-refractivity contribution in [3.63, 3.8) is 0 Å². The molecule has 0 aromatic heterocycles. The minimum atomic E-state index is -0.779. The second-order valence-electron chi connectivity index (χ2n) is 2.29. The summed E-state index contributed by atoms with van der Waals surface area (Å²) in [6.07, 6.45) is 1.63. The summed E-state index contributed by atoms with van der Waals surface area (Å²) in [6, 6.07) is -0.391. The predicted molar refractivity (Wildman–Crippen MR) is 39.5 cm³/mol. The maximum atomic E-state index is 10.5. The van der Waals surface area contributed by atoms with E-state index in [4.69, 9.17) is 5.11 Å². The number of aliphatic carboxylic acids is 1. The van der Waals surface area contributed by atoms with E-state index in [1.54, 1.807) is 5.01 Å². The second-order valence-corrected chi connectivity index (χ2v) is 2.49. The summed E-state index contributed by atoms with van der Waals surface area (Å²) >= 11 is 3.78. The molecule has 0 amide bonds. The zero-order chi connectivity index (χ0) is 7.56. The maximum absolute atomic E-state index is 10.5. The van der Waals surface area contributed by atoms with E-state index in [1.807, 2.05) is 0 Å². The summed E-state index contributed by atoms with van der Waals surface area (Å²) in [7, 11) is 0. The minimum Gasteiger partial charge on any atom is -0.480 e. The quantitative estimate of drug-likeness (QED) is 0.496. The van der Waals surface area contributed by atoms with Crippen molar-refractivity contribution < 1.29 is 9.90 Å². The Labute approximate surface area is 64.7 Å². The van der Waals surface area contributed by atoms with Crippen LogP contribution in [0.2, 0.25) is 0 Å². The van der Waals surface area contributed by atoms with E-state index in [2.05, 4.69) is 17.6 Å². The Morgan fingerprint density at radius 2 is 2.50 bits per heavy atom. The topological polar surface area (TPSA) is 52.6 Å². The molecule has 1 aliphatic heterocycles. The van der Waals surface area contributed by atoms with Crippen LogP contribution in [0.3, 0.4) is 0 Å². The van der Waals surface area contributed by atoms with Crippen LogP contribution in [0.25, 0.3) is 0 Å². The van der Waals surface area contributed by atoms with E-state index in [1.165, 1.54) is 0 Å². The van der Waals surface area contributed by atoms with E-state index in [0.29, 0.717) is 6.42 Å². The van der Waals surface area contributed by atoms with E-state index >= 15 is 0 Å². The molecule has 1 aliphatic rings. The fourth-order valence-electron chi connectivity index (χ4n) is 1.14. The number of hydrogen-bond acceptors (Lipinski definition) is 4. The van der Waals surface area contributed by atoms with Gasteiger partial charge in [-0.05, 0) is 12.8 Å². The van der Waals surface area contributed by atoms with Crippen molar-refractivity contribution in [1.29, 1.82) is 0 Å². The molecule has 1 rings (SSSR count). The fraction of sp³-hybridized carbons (Fsp3) is 0.800. The molecule has 0 radical (unpaired) electrons. The number of hydrazine groups is 1. The minimum absolute atomic E-state index is 0.391. The first-order valence-electron chi connectivity index (χ1n) is 3.15. The molecule has 0 aromatic carbocycles. The third-order valence-corrected chi connectivity index (χ3v) is 1.92. The Morgan fingerprint density at radius 3 is 2.90 bits per heavy atom. The number of hydrogen-bond donors (Lipinski definition) is 3. The summed E-state index contributed by atoms with van der Waals surface area (Å²) in [4.78, 5) is 13.0. The number of thiol groups is 1. The van der Waals surface area contributed by atoms with Crippen LogP contribution in [-0.4, -0.2) is 28.7 Å². The van der Waals surface area contributed by atoms with Gasteiger partial charge in [-0.2, -0.15) is 0 Å². The molecule has 1 unspecified atom stereocenters. The first-order chi connectivity index (χ1) is 4.75. The smallest absolute Gasteiger partial charge is 0.322 e. The molecule has 1 saturated heterocycles. The Bertz CT molecular complexity index is 142. The Hall–Kier alpha value is -0.260. The summed E-state index contributed by atoms with van der Waals surface area (Å²) in [5, 5.41) is 10.2. The molecular weight excluding hydrogens is 152 g/mol. The Balaban J connectivity index is 2.50. The van der Waals surface area contributed by atoms with Crippen molar-refractivity contribution in [2.75, 3.05) is 6.54 Å². The van der Waals surface area contributed by atoms with Crippen molar-refractivity contribution in [3.05, 3.63) is 0 Å². The summed E-state index contributed by atoms with van der Waals surface area (Å²) in [5.74, 6) is -0.779. The van der Waals surface area contributed by atoms with Crippen molar-refractivity contribution in [1.82, 2.24) is 9.84 Å². The van der Waals surface area contributed by atoms with Crippen LogP contribution in [0.5, 0.6) is 0 Å². The van der Waals surface area contributed by atoms with Gasteiger partial charge in [0, 0.05) is 6.54 Å². The van der Waals surface area contributed by atoms with Crippen molar-refractivity contribution in [2.45, 2.75) is 18.9 Å². The SMILES string of the molecule is O=C(O)C1CCCN1NS. The predicted octanol–water partition coefficient (Wildman–Crippen LogP) is -0.115. The molecule has 0 aromatic rings. The molecule has 0 bridgehead atoms. The molecule has 1 heterocycles. The molecule has 0 saturated carbocycles. The zero-order valence-corrected chi connectivity index (χ0v) is 6.34. The van der Waals surface area contributed by atoms with Crippen molar-refractivity contribution in [3.8, 4) is 0 Å². The van der Waals surface area contributed by atoms with Gasteiger partial charge in [-0.3, -0.25) is 4.79 Å². The van der Waals surface area contributed by atoms with Gasteiger partial charge in [-0.25, -0.2) is 9.84 Å². The molecule has 5 heteroatoms. The average molecular weight is 162 g/mol. The van der Waals surface area contributed by atoms with Crippen molar-refractivity contribution in [2.24, 2.45) is 0 Å². The first-order valence-corrected chi connectivity index (χ1v) is 3.59. The van der Waals surface area contributed by atoms with Crippen LogP contribution < -0.4 is 4.83 Å². The largest absolute Gasteiger partial charge is 0.480 e. The van der Waals surface area contributed by atoms with E-state index in [9.17, 15) is 4.79 Å². The summed E-state index contributed by atoms with van der Waals surface area (Å²) < 4.78 is 0. The lowest BCUT2D eigenvalue weighted by atomic mass is 10.2. The van der Waals surface area contributed by atoms with E-state index < -0.39 is 12.0 Å². The van der Waals surface area contributed by atoms with Gasteiger partial charge in [0.05, 0.1) is 0 Å². The van der Waals surface area contributed by atoms with Gasteiger partial charge >= 0.3 is 5.97 Å². The van der Waals surface area contributed by atoms with Crippen LogP contribution in [-0.2, 0) is 4.79 Å². The number of nitrogens with one attached hydrogen (secondary N) is 1. The van der Waals surface area contributed by atoms with Crippen molar-refractivity contribution >= 4 is 18.8 Å².